The van der Waals surface area contributed by atoms with Crippen molar-refractivity contribution < 1.29 is 8.78 Å². The molecule has 1 unspecified atom stereocenters. The molecule has 0 aliphatic rings. The maximum atomic E-state index is 13.1. The molecule has 0 bridgehead atoms. The van der Waals surface area contributed by atoms with Crippen molar-refractivity contribution in [1.82, 2.24) is 5.32 Å². The van der Waals surface area contributed by atoms with E-state index in [-0.39, 0.29) is 6.04 Å². The van der Waals surface area contributed by atoms with E-state index in [1.54, 1.807) is 11.3 Å². The molecule has 0 saturated heterocycles. The predicted octanol–water partition coefficient (Wildman–Crippen LogP) is 3.79. The Morgan fingerprint density at radius 2 is 1.89 bits per heavy atom. The first-order chi connectivity index (χ1) is 9.17. The van der Waals surface area contributed by atoms with E-state index >= 15 is 0 Å². The van der Waals surface area contributed by atoms with Gasteiger partial charge in [-0.3, -0.25) is 0 Å². The monoisotopic (exact) mass is 281 g/mol. The van der Waals surface area contributed by atoms with E-state index in [1.807, 2.05) is 7.05 Å². The molecule has 0 fully saturated rings. The molecule has 2 rings (SSSR count). The number of halogens is 2. The Morgan fingerprint density at radius 1 is 1.16 bits per heavy atom. The molecule has 2 aromatic rings. The van der Waals surface area contributed by atoms with Crippen molar-refractivity contribution in [3.05, 3.63) is 57.8 Å². The van der Waals surface area contributed by atoms with Crippen LogP contribution in [-0.2, 0) is 12.8 Å². The van der Waals surface area contributed by atoms with E-state index in [0.29, 0.717) is 12.0 Å². The molecule has 1 N–H and O–H groups in total. The van der Waals surface area contributed by atoms with Gasteiger partial charge >= 0.3 is 0 Å². The van der Waals surface area contributed by atoms with Gasteiger partial charge in [0, 0.05) is 12.1 Å². The summed E-state index contributed by atoms with van der Waals surface area (Å²) in [5.41, 5.74) is 2.01. The van der Waals surface area contributed by atoms with E-state index in [0.717, 1.165) is 18.9 Å². The van der Waals surface area contributed by atoms with Crippen LogP contribution in [0.4, 0.5) is 8.78 Å². The van der Waals surface area contributed by atoms with Gasteiger partial charge in [0.05, 0.1) is 0 Å². The van der Waals surface area contributed by atoms with Crippen molar-refractivity contribution in [1.29, 1.82) is 0 Å². The van der Waals surface area contributed by atoms with E-state index in [9.17, 15) is 8.78 Å². The van der Waals surface area contributed by atoms with Crippen LogP contribution in [0.25, 0.3) is 0 Å². The third kappa shape index (κ3) is 4.40. The number of benzene rings is 1. The molecule has 0 amide bonds. The van der Waals surface area contributed by atoms with Crippen LogP contribution in [0.2, 0.25) is 0 Å². The zero-order valence-corrected chi connectivity index (χ0v) is 11.6. The highest BCUT2D eigenvalue weighted by Crippen LogP contribution is 2.14. The second kappa shape index (κ2) is 6.78. The van der Waals surface area contributed by atoms with E-state index < -0.39 is 11.6 Å². The van der Waals surface area contributed by atoms with Crippen molar-refractivity contribution in [3.8, 4) is 0 Å². The van der Waals surface area contributed by atoms with Gasteiger partial charge in [0.15, 0.2) is 0 Å². The number of likely N-dealkylation sites (N-methyl/N-ethyl adjacent to an activating group) is 1. The number of thiophene rings is 1. The fraction of sp³-hybridized carbons (Fsp3) is 0.333. The van der Waals surface area contributed by atoms with Crippen molar-refractivity contribution in [2.24, 2.45) is 0 Å². The number of hydrogen-bond acceptors (Lipinski definition) is 2. The highest BCUT2D eigenvalue weighted by molar-refractivity contribution is 7.07. The summed E-state index contributed by atoms with van der Waals surface area (Å²) in [7, 11) is 1.88. The molecular weight excluding hydrogens is 264 g/mol. The molecule has 1 aromatic carbocycles. The lowest BCUT2D eigenvalue weighted by Gasteiger charge is -2.16. The molecule has 4 heteroatoms. The SMILES string of the molecule is CNC(CCc1ccsc1)Cc1cc(F)cc(F)c1. The second-order valence-electron chi connectivity index (χ2n) is 4.64. The van der Waals surface area contributed by atoms with Crippen molar-refractivity contribution in [3.63, 3.8) is 0 Å². The van der Waals surface area contributed by atoms with Crippen LogP contribution in [-0.4, -0.2) is 13.1 Å². The molecule has 1 nitrogen and oxygen atoms in total. The zero-order chi connectivity index (χ0) is 13.7. The second-order valence-corrected chi connectivity index (χ2v) is 5.42. The van der Waals surface area contributed by atoms with Gasteiger partial charge in [-0.25, -0.2) is 8.78 Å². The Bertz CT molecular complexity index is 491. The lowest BCUT2D eigenvalue weighted by atomic mass is 10.00. The third-order valence-electron chi connectivity index (χ3n) is 3.17. The summed E-state index contributed by atoms with van der Waals surface area (Å²) in [6.45, 7) is 0. The summed E-state index contributed by atoms with van der Waals surface area (Å²) < 4.78 is 26.3. The molecule has 0 saturated carbocycles. The molecule has 0 spiro atoms. The topological polar surface area (TPSA) is 12.0 Å². The van der Waals surface area contributed by atoms with E-state index in [1.165, 1.54) is 17.7 Å². The predicted molar refractivity (Wildman–Crippen MR) is 75.5 cm³/mol. The summed E-state index contributed by atoms with van der Waals surface area (Å²) in [6, 6.07) is 6.04. The number of nitrogens with one attached hydrogen (secondary N) is 1. The molecule has 102 valence electrons. The van der Waals surface area contributed by atoms with Gasteiger partial charge in [0.2, 0.25) is 0 Å². The Hall–Kier alpha value is -1.26. The average molecular weight is 281 g/mol. The summed E-state index contributed by atoms with van der Waals surface area (Å²) in [5, 5.41) is 7.41. The maximum Gasteiger partial charge on any atom is 0.126 e. The van der Waals surface area contributed by atoms with E-state index in [2.05, 4.69) is 22.1 Å². The van der Waals surface area contributed by atoms with Crippen molar-refractivity contribution in [2.45, 2.75) is 25.3 Å². The zero-order valence-electron chi connectivity index (χ0n) is 10.8. The van der Waals surface area contributed by atoms with Crippen LogP contribution < -0.4 is 5.32 Å². The Balaban J connectivity index is 1.94. The van der Waals surface area contributed by atoms with Crippen molar-refractivity contribution >= 4 is 11.3 Å². The van der Waals surface area contributed by atoms with Gasteiger partial charge < -0.3 is 5.32 Å². The smallest absolute Gasteiger partial charge is 0.126 e. The fourth-order valence-corrected chi connectivity index (χ4v) is 2.84. The van der Waals surface area contributed by atoms with Gasteiger partial charge in [-0.15, -0.1) is 0 Å². The molecule has 19 heavy (non-hydrogen) atoms. The minimum atomic E-state index is -0.511. The highest BCUT2D eigenvalue weighted by atomic mass is 32.1. The molecule has 1 heterocycles. The first kappa shape index (κ1) is 14.2. The van der Waals surface area contributed by atoms with Gasteiger partial charge in [0.1, 0.15) is 11.6 Å². The largest absolute Gasteiger partial charge is 0.317 e. The van der Waals surface area contributed by atoms with Gasteiger partial charge in [-0.2, -0.15) is 11.3 Å². The Morgan fingerprint density at radius 3 is 2.47 bits per heavy atom. The Kier molecular flexibility index (Phi) is 5.05. The summed E-state index contributed by atoms with van der Waals surface area (Å²) in [6.07, 6.45) is 2.56. The fourth-order valence-electron chi connectivity index (χ4n) is 2.14. The molecule has 1 aromatic heterocycles. The minimum absolute atomic E-state index is 0.223. The molecule has 0 aliphatic heterocycles. The van der Waals surface area contributed by atoms with Crippen LogP contribution in [0.3, 0.4) is 0 Å². The minimum Gasteiger partial charge on any atom is -0.317 e. The number of hydrogen-bond donors (Lipinski definition) is 1. The highest BCUT2D eigenvalue weighted by Gasteiger charge is 2.09. The molecule has 1 atom stereocenters. The summed E-state index contributed by atoms with van der Waals surface area (Å²) in [4.78, 5) is 0. The normalized spacial score (nSPS) is 12.6. The quantitative estimate of drug-likeness (QED) is 0.849. The first-order valence-corrected chi connectivity index (χ1v) is 7.25. The van der Waals surface area contributed by atoms with Crippen LogP contribution in [0.1, 0.15) is 17.5 Å². The molecule has 0 aliphatic carbocycles. The summed E-state index contributed by atoms with van der Waals surface area (Å²) in [5.74, 6) is -1.02. The van der Waals surface area contributed by atoms with Gasteiger partial charge in [-0.1, -0.05) is 0 Å². The van der Waals surface area contributed by atoms with Crippen LogP contribution in [0, 0.1) is 11.6 Å². The van der Waals surface area contributed by atoms with Gasteiger partial charge in [-0.05, 0) is 66.4 Å². The molecular formula is C15H17F2NS. The van der Waals surface area contributed by atoms with Crippen LogP contribution in [0.5, 0.6) is 0 Å². The number of rotatable bonds is 6. The third-order valence-corrected chi connectivity index (χ3v) is 3.91. The lowest BCUT2D eigenvalue weighted by Crippen LogP contribution is -2.28. The van der Waals surface area contributed by atoms with E-state index in [4.69, 9.17) is 0 Å². The lowest BCUT2D eigenvalue weighted by molar-refractivity contribution is 0.514. The van der Waals surface area contributed by atoms with Crippen LogP contribution in [0.15, 0.2) is 35.0 Å². The van der Waals surface area contributed by atoms with Gasteiger partial charge in [0.25, 0.3) is 0 Å². The maximum absolute atomic E-state index is 13.1. The standard InChI is InChI=1S/C15H17F2NS/c1-18-15(3-2-11-4-5-19-10-11)8-12-6-13(16)9-14(17)7-12/h4-7,9-10,15,18H,2-3,8H2,1H3. The summed E-state index contributed by atoms with van der Waals surface area (Å²) >= 11 is 1.69. The Labute approximate surface area is 116 Å². The molecule has 0 radical (unpaired) electrons. The average Bonchev–Trinajstić information content (AvgIpc) is 2.86. The first-order valence-electron chi connectivity index (χ1n) is 6.30. The number of aryl methyl sites for hydroxylation is 1. The van der Waals surface area contributed by atoms with Crippen molar-refractivity contribution in [2.75, 3.05) is 7.05 Å². The van der Waals surface area contributed by atoms with Crippen LogP contribution >= 0.6 is 11.3 Å².